The van der Waals surface area contributed by atoms with E-state index in [1.54, 1.807) is 0 Å². The average molecular weight is 225 g/mol. The molecule has 86 valence electrons. The Bertz CT molecular complexity index is 526. The number of fused-ring (bicyclic) bond motifs is 1. The summed E-state index contributed by atoms with van der Waals surface area (Å²) in [5.74, 6) is 2.51. The van der Waals surface area contributed by atoms with Crippen molar-refractivity contribution in [2.75, 3.05) is 5.32 Å². The molecule has 17 heavy (non-hydrogen) atoms. The van der Waals surface area contributed by atoms with E-state index in [1.165, 1.54) is 5.56 Å². The lowest BCUT2D eigenvalue weighted by molar-refractivity contribution is 0.809. The maximum atomic E-state index is 4.32. The summed E-state index contributed by atoms with van der Waals surface area (Å²) < 4.78 is 0. The molecule has 3 rings (SSSR count). The molecule has 2 aliphatic heterocycles. The van der Waals surface area contributed by atoms with Crippen molar-refractivity contribution in [3.8, 4) is 0 Å². The lowest BCUT2D eigenvalue weighted by atomic mass is 10.0. The maximum Gasteiger partial charge on any atom is 0.114 e. The van der Waals surface area contributed by atoms with Crippen LogP contribution in [0.15, 0.2) is 53.4 Å². The highest BCUT2D eigenvalue weighted by Crippen LogP contribution is 2.21. The fraction of sp³-hybridized carbons (Fsp3) is 0.214. The molecule has 0 saturated heterocycles. The van der Waals surface area contributed by atoms with Crippen LogP contribution in [0.25, 0.3) is 0 Å². The summed E-state index contributed by atoms with van der Waals surface area (Å²) in [7, 11) is 0. The number of aliphatic imine (C=N–C) groups is 1. The molecule has 1 aromatic rings. The molecule has 0 spiro atoms. The van der Waals surface area contributed by atoms with Crippen molar-refractivity contribution in [3.05, 3.63) is 54.0 Å². The molecule has 2 heterocycles. The van der Waals surface area contributed by atoms with Crippen LogP contribution >= 0.6 is 0 Å². The van der Waals surface area contributed by atoms with Gasteiger partial charge < -0.3 is 10.6 Å². The van der Waals surface area contributed by atoms with E-state index in [0.29, 0.717) is 5.92 Å². The van der Waals surface area contributed by atoms with Crippen molar-refractivity contribution < 1.29 is 0 Å². The van der Waals surface area contributed by atoms with Gasteiger partial charge in [0.15, 0.2) is 0 Å². The Morgan fingerprint density at radius 2 is 2.24 bits per heavy atom. The van der Waals surface area contributed by atoms with Crippen molar-refractivity contribution in [1.29, 1.82) is 0 Å². The summed E-state index contributed by atoms with van der Waals surface area (Å²) >= 11 is 0. The van der Waals surface area contributed by atoms with Gasteiger partial charge in [-0.3, -0.25) is 0 Å². The number of aryl methyl sites for hydroxylation is 1. The molecular formula is C14H15N3. The molecule has 1 unspecified atom stereocenters. The van der Waals surface area contributed by atoms with E-state index in [4.69, 9.17) is 0 Å². The van der Waals surface area contributed by atoms with Crippen molar-refractivity contribution in [2.45, 2.75) is 13.3 Å². The zero-order valence-corrected chi connectivity index (χ0v) is 9.77. The molecule has 1 aromatic carbocycles. The van der Waals surface area contributed by atoms with Gasteiger partial charge in [-0.2, -0.15) is 0 Å². The van der Waals surface area contributed by atoms with E-state index < -0.39 is 0 Å². The first-order valence-electron chi connectivity index (χ1n) is 5.87. The molecule has 0 aliphatic carbocycles. The number of hydrogen-bond acceptors (Lipinski definition) is 3. The van der Waals surface area contributed by atoms with Gasteiger partial charge in [-0.15, -0.1) is 0 Å². The molecule has 3 nitrogen and oxygen atoms in total. The topological polar surface area (TPSA) is 36.4 Å². The van der Waals surface area contributed by atoms with Gasteiger partial charge in [0.2, 0.25) is 0 Å². The lowest BCUT2D eigenvalue weighted by Gasteiger charge is -2.22. The minimum atomic E-state index is 0.442. The zero-order chi connectivity index (χ0) is 11.7. The summed E-state index contributed by atoms with van der Waals surface area (Å²) in [5, 5.41) is 6.73. The van der Waals surface area contributed by atoms with Gasteiger partial charge in [-0.25, -0.2) is 4.99 Å². The molecule has 2 aliphatic rings. The Balaban J connectivity index is 1.77. The SMILES string of the molecule is Cc1ccccc1NC1=CCC2C=CN=C2N1. The van der Waals surface area contributed by atoms with Gasteiger partial charge in [-0.1, -0.05) is 24.3 Å². The first-order chi connectivity index (χ1) is 8.33. The summed E-state index contributed by atoms with van der Waals surface area (Å²) in [5.41, 5.74) is 2.38. The van der Waals surface area contributed by atoms with Gasteiger partial charge in [0.05, 0.1) is 0 Å². The Labute approximate surface area is 101 Å². The maximum absolute atomic E-state index is 4.32. The van der Waals surface area contributed by atoms with Crippen molar-refractivity contribution in [3.63, 3.8) is 0 Å². The van der Waals surface area contributed by atoms with Crippen molar-refractivity contribution in [2.24, 2.45) is 10.9 Å². The van der Waals surface area contributed by atoms with Crippen molar-refractivity contribution in [1.82, 2.24) is 5.32 Å². The van der Waals surface area contributed by atoms with Crippen LogP contribution in [0.4, 0.5) is 5.69 Å². The first kappa shape index (κ1) is 10.1. The number of nitrogens with one attached hydrogen (secondary N) is 2. The van der Waals surface area contributed by atoms with Gasteiger partial charge in [0.25, 0.3) is 0 Å². The van der Waals surface area contributed by atoms with Gasteiger partial charge in [0, 0.05) is 17.8 Å². The largest absolute Gasteiger partial charge is 0.342 e. The van der Waals surface area contributed by atoms with E-state index >= 15 is 0 Å². The quantitative estimate of drug-likeness (QED) is 0.812. The lowest BCUT2D eigenvalue weighted by Crippen LogP contribution is -2.34. The molecule has 0 fully saturated rings. The summed E-state index contributed by atoms with van der Waals surface area (Å²) in [6, 6.07) is 8.27. The standard InChI is InChI=1S/C14H15N3/c1-10-4-2-3-5-12(10)16-13-7-6-11-8-9-15-14(11)17-13/h2-5,7-9,11,16H,6H2,1H3,(H,15,17). The van der Waals surface area contributed by atoms with Crippen LogP contribution in [-0.2, 0) is 0 Å². The minimum Gasteiger partial charge on any atom is -0.342 e. The fourth-order valence-electron chi connectivity index (χ4n) is 2.10. The molecule has 2 N–H and O–H groups in total. The molecule has 0 aromatic heterocycles. The number of rotatable bonds is 2. The number of nitrogens with zero attached hydrogens (tertiary/aromatic N) is 1. The second kappa shape index (κ2) is 4.09. The van der Waals surface area contributed by atoms with E-state index in [0.717, 1.165) is 23.8 Å². The van der Waals surface area contributed by atoms with E-state index in [9.17, 15) is 0 Å². The normalized spacial score (nSPS) is 21.4. The Kier molecular flexibility index (Phi) is 2.44. The minimum absolute atomic E-state index is 0.442. The third-order valence-electron chi connectivity index (χ3n) is 3.14. The average Bonchev–Trinajstić information content (AvgIpc) is 2.79. The third-order valence-corrected chi connectivity index (χ3v) is 3.14. The molecule has 0 saturated carbocycles. The number of anilines is 1. The second-order valence-electron chi connectivity index (χ2n) is 4.38. The van der Waals surface area contributed by atoms with E-state index in [2.05, 4.69) is 46.8 Å². The number of allylic oxidation sites excluding steroid dienone is 1. The highest BCUT2D eigenvalue weighted by atomic mass is 15.1. The summed E-state index contributed by atoms with van der Waals surface area (Å²) in [6.07, 6.45) is 7.20. The third kappa shape index (κ3) is 1.96. The number of amidine groups is 1. The number of hydrogen-bond donors (Lipinski definition) is 2. The Morgan fingerprint density at radius 3 is 3.12 bits per heavy atom. The van der Waals surface area contributed by atoms with Crippen LogP contribution in [-0.4, -0.2) is 5.84 Å². The first-order valence-corrected chi connectivity index (χ1v) is 5.87. The smallest absolute Gasteiger partial charge is 0.114 e. The van der Waals surface area contributed by atoms with E-state index in [1.807, 2.05) is 18.3 Å². The van der Waals surface area contributed by atoms with Gasteiger partial charge in [-0.05, 0) is 31.1 Å². The Morgan fingerprint density at radius 1 is 1.35 bits per heavy atom. The summed E-state index contributed by atoms with van der Waals surface area (Å²) in [6.45, 7) is 2.10. The number of benzene rings is 1. The molecule has 0 amide bonds. The van der Waals surface area contributed by atoms with E-state index in [-0.39, 0.29) is 0 Å². The second-order valence-corrected chi connectivity index (χ2v) is 4.38. The highest BCUT2D eigenvalue weighted by Gasteiger charge is 2.21. The predicted octanol–water partition coefficient (Wildman–Crippen LogP) is 2.78. The molecular weight excluding hydrogens is 210 g/mol. The predicted molar refractivity (Wildman–Crippen MR) is 70.7 cm³/mol. The van der Waals surface area contributed by atoms with Crippen LogP contribution in [0, 0.1) is 12.8 Å². The fourth-order valence-corrected chi connectivity index (χ4v) is 2.10. The van der Waals surface area contributed by atoms with Crippen LogP contribution in [0.1, 0.15) is 12.0 Å². The summed E-state index contributed by atoms with van der Waals surface area (Å²) in [4.78, 5) is 4.32. The number of para-hydroxylation sites is 1. The highest BCUT2D eigenvalue weighted by molar-refractivity contribution is 5.91. The van der Waals surface area contributed by atoms with Crippen molar-refractivity contribution >= 4 is 11.5 Å². The van der Waals surface area contributed by atoms with Crippen LogP contribution in [0.2, 0.25) is 0 Å². The Hall–Kier alpha value is -2.03. The van der Waals surface area contributed by atoms with Crippen LogP contribution in [0.3, 0.4) is 0 Å². The van der Waals surface area contributed by atoms with Gasteiger partial charge >= 0.3 is 0 Å². The molecule has 1 atom stereocenters. The molecule has 0 radical (unpaired) electrons. The van der Waals surface area contributed by atoms with Crippen LogP contribution in [0.5, 0.6) is 0 Å². The monoisotopic (exact) mass is 225 g/mol. The zero-order valence-electron chi connectivity index (χ0n) is 9.77. The van der Waals surface area contributed by atoms with Crippen LogP contribution < -0.4 is 10.6 Å². The molecule has 0 bridgehead atoms. The molecule has 3 heteroatoms. The van der Waals surface area contributed by atoms with Gasteiger partial charge in [0.1, 0.15) is 11.7 Å².